The molecule has 12 aromatic carbocycles. The van der Waals surface area contributed by atoms with E-state index in [0.717, 1.165) is 27.5 Å². The van der Waals surface area contributed by atoms with Crippen LogP contribution >= 0.6 is 0 Å². The number of furan rings is 1. The van der Waals surface area contributed by atoms with Crippen molar-refractivity contribution in [3.63, 3.8) is 0 Å². The van der Waals surface area contributed by atoms with E-state index in [0.29, 0.717) is 0 Å². The average molecular weight is 825 g/mol. The Morgan fingerprint density at radius 2 is 0.692 bits per heavy atom. The zero-order valence-electron chi connectivity index (χ0n) is 35.5. The van der Waals surface area contributed by atoms with Gasteiger partial charge < -0.3 is 4.42 Å². The van der Waals surface area contributed by atoms with Gasteiger partial charge >= 0.3 is 0 Å². The summed E-state index contributed by atoms with van der Waals surface area (Å²) in [5.74, 6) is 0. The van der Waals surface area contributed by atoms with Crippen molar-refractivity contribution in [1.29, 1.82) is 0 Å². The molecule has 302 valence electrons. The molecule has 0 saturated carbocycles. The van der Waals surface area contributed by atoms with Crippen LogP contribution in [0.5, 0.6) is 0 Å². The summed E-state index contributed by atoms with van der Waals surface area (Å²) in [6.07, 6.45) is 0. The smallest absolute Gasteiger partial charge is 0.136 e. The second-order valence-corrected chi connectivity index (χ2v) is 17.2. The minimum atomic E-state index is 0.892. The summed E-state index contributed by atoms with van der Waals surface area (Å²) in [6.45, 7) is 0. The van der Waals surface area contributed by atoms with Crippen LogP contribution in [0.4, 0.5) is 0 Å². The molecule has 0 saturated heterocycles. The average Bonchev–Trinajstić information content (AvgIpc) is 3.76. The first kappa shape index (κ1) is 37.1. The number of hydrogen-bond acceptors (Lipinski definition) is 1. The minimum Gasteiger partial charge on any atom is -0.456 e. The Balaban J connectivity index is 0.978. The molecular formula is C64H40O. The highest BCUT2D eigenvalue weighted by Gasteiger charge is 2.18. The largest absolute Gasteiger partial charge is 0.456 e. The Morgan fingerprint density at radius 3 is 1.51 bits per heavy atom. The molecule has 0 spiro atoms. The van der Waals surface area contributed by atoms with Crippen molar-refractivity contribution in [2.24, 2.45) is 0 Å². The van der Waals surface area contributed by atoms with E-state index in [-0.39, 0.29) is 0 Å². The molecule has 0 aliphatic carbocycles. The van der Waals surface area contributed by atoms with Gasteiger partial charge in [0.2, 0.25) is 0 Å². The van der Waals surface area contributed by atoms with E-state index in [4.69, 9.17) is 4.42 Å². The van der Waals surface area contributed by atoms with Gasteiger partial charge in [0.05, 0.1) is 0 Å². The molecule has 0 atom stereocenters. The van der Waals surface area contributed by atoms with Crippen molar-refractivity contribution in [1.82, 2.24) is 0 Å². The highest BCUT2D eigenvalue weighted by atomic mass is 16.3. The van der Waals surface area contributed by atoms with E-state index in [1.807, 2.05) is 0 Å². The molecule has 13 aromatic rings. The van der Waals surface area contributed by atoms with Crippen molar-refractivity contribution in [2.45, 2.75) is 0 Å². The second kappa shape index (κ2) is 15.1. The molecule has 0 bridgehead atoms. The molecule has 1 aromatic heterocycles. The first-order valence-electron chi connectivity index (χ1n) is 22.4. The van der Waals surface area contributed by atoms with Crippen molar-refractivity contribution in [3.8, 4) is 66.8 Å². The molecule has 0 aliphatic rings. The number of benzene rings is 12. The molecule has 1 nitrogen and oxygen atoms in total. The van der Waals surface area contributed by atoms with Gasteiger partial charge in [-0.3, -0.25) is 0 Å². The molecule has 13 rings (SSSR count). The van der Waals surface area contributed by atoms with Crippen LogP contribution in [0, 0.1) is 0 Å². The lowest BCUT2D eigenvalue weighted by Gasteiger charge is -2.16. The van der Waals surface area contributed by atoms with Gasteiger partial charge in [-0.15, -0.1) is 0 Å². The van der Waals surface area contributed by atoms with Gasteiger partial charge in [0.25, 0.3) is 0 Å². The van der Waals surface area contributed by atoms with Crippen molar-refractivity contribution in [2.75, 3.05) is 0 Å². The van der Waals surface area contributed by atoms with E-state index >= 15 is 0 Å². The highest BCUT2D eigenvalue weighted by Crippen LogP contribution is 2.44. The Morgan fingerprint density at radius 1 is 0.200 bits per heavy atom. The van der Waals surface area contributed by atoms with Crippen LogP contribution in [0.3, 0.4) is 0 Å². The highest BCUT2D eigenvalue weighted by molar-refractivity contribution is 6.17. The molecule has 0 unspecified atom stereocenters. The van der Waals surface area contributed by atoms with E-state index in [2.05, 4.69) is 243 Å². The molecule has 0 aliphatic heterocycles. The molecule has 1 heterocycles. The van der Waals surface area contributed by atoms with E-state index in [9.17, 15) is 0 Å². The number of rotatable bonds is 6. The molecule has 0 amide bonds. The quantitative estimate of drug-likeness (QED) is 0.152. The van der Waals surface area contributed by atoms with Crippen molar-refractivity contribution >= 4 is 65.0 Å². The maximum atomic E-state index is 6.59. The lowest BCUT2D eigenvalue weighted by Crippen LogP contribution is -1.90. The van der Waals surface area contributed by atoms with Crippen LogP contribution in [-0.4, -0.2) is 0 Å². The summed E-state index contributed by atoms with van der Waals surface area (Å²) in [5.41, 5.74) is 16.0. The van der Waals surface area contributed by atoms with Gasteiger partial charge in [-0.2, -0.15) is 0 Å². The van der Waals surface area contributed by atoms with E-state index < -0.39 is 0 Å². The fourth-order valence-corrected chi connectivity index (χ4v) is 10.3. The first-order chi connectivity index (χ1) is 32.2. The Kier molecular flexibility index (Phi) is 8.60. The maximum absolute atomic E-state index is 6.59. The van der Waals surface area contributed by atoms with Gasteiger partial charge in [-0.25, -0.2) is 0 Å². The monoisotopic (exact) mass is 824 g/mol. The van der Waals surface area contributed by atoms with Gasteiger partial charge in [0.15, 0.2) is 0 Å². The van der Waals surface area contributed by atoms with Crippen molar-refractivity contribution in [3.05, 3.63) is 243 Å². The Labute approximate surface area is 377 Å². The second-order valence-electron chi connectivity index (χ2n) is 17.2. The molecular weight excluding hydrogens is 785 g/mol. The van der Waals surface area contributed by atoms with E-state index in [1.165, 1.54) is 104 Å². The predicted octanol–water partition coefficient (Wildman–Crippen LogP) is 18.2. The molecule has 0 fully saturated rings. The van der Waals surface area contributed by atoms with E-state index in [1.54, 1.807) is 0 Å². The van der Waals surface area contributed by atoms with Gasteiger partial charge in [0, 0.05) is 10.8 Å². The van der Waals surface area contributed by atoms with Crippen LogP contribution in [0.1, 0.15) is 0 Å². The number of fused-ring (bicyclic) bond motifs is 8. The lowest BCUT2D eigenvalue weighted by atomic mass is 9.88. The standard InChI is InChI=1S/C64H40O/c1-2-12-41(13-3-1)48-34-35-60-63(40-48)65-62-25-11-24-59(64(60)62)58-23-10-21-56-55(20-9-22-57(56)58)51-37-49(42-26-28-45(29-27-42)53-19-8-16-43-14-4-6-17-52(43)53)36-50(38-51)47-33-32-46-31-30-44-15-5-7-18-54(44)61(46)39-47/h1-40H. The molecule has 0 N–H and O–H groups in total. The Hall–Kier alpha value is -8.52. The third-order valence-electron chi connectivity index (χ3n) is 13.5. The first-order valence-corrected chi connectivity index (χ1v) is 22.4. The SMILES string of the molecule is c1ccc(-c2ccc3c(c2)oc2cccc(-c4cccc5c(-c6cc(-c7ccc(-c8cccc9ccccc89)cc7)cc(-c7ccc8ccc9ccccc9c8c7)c6)cccc45)c23)cc1. The van der Waals surface area contributed by atoms with Gasteiger partial charge in [0.1, 0.15) is 11.2 Å². The summed E-state index contributed by atoms with van der Waals surface area (Å²) >= 11 is 0. The van der Waals surface area contributed by atoms with Crippen LogP contribution in [0.15, 0.2) is 247 Å². The normalized spacial score (nSPS) is 11.7. The third kappa shape index (κ3) is 6.32. The predicted molar refractivity (Wildman–Crippen MR) is 276 cm³/mol. The maximum Gasteiger partial charge on any atom is 0.136 e. The summed E-state index contributed by atoms with van der Waals surface area (Å²) in [5, 5.41) is 12.2. The fourth-order valence-electron chi connectivity index (χ4n) is 10.3. The number of hydrogen-bond donors (Lipinski definition) is 0. The third-order valence-corrected chi connectivity index (χ3v) is 13.5. The van der Waals surface area contributed by atoms with Crippen LogP contribution in [-0.2, 0) is 0 Å². The minimum absolute atomic E-state index is 0.892. The van der Waals surface area contributed by atoms with Gasteiger partial charge in [-0.05, 0) is 152 Å². The van der Waals surface area contributed by atoms with Crippen LogP contribution in [0.25, 0.3) is 132 Å². The lowest BCUT2D eigenvalue weighted by molar-refractivity contribution is 0.669. The van der Waals surface area contributed by atoms with Crippen LogP contribution < -0.4 is 0 Å². The molecule has 0 radical (unpaired) electrons. The van der Waals surface area contributed by atoms with Gasteiger partial charge in [-0.1, -0.05) is 200 Å². The summed E-state index contributed by atoms with van der Waals surface area (Å²) in [6, 6.07) is 88.7. The molecule has 1 heteroatoms. The van der Waals surface area contributed by atoms with Crippen LogP contribution in [0.2, 0.25) is 0 Å². The summed E-state index contributed by atoms with van der Waals surface area (Å²) in [7, 11) is 0. The topological polar surface area (TPSA) is 13.1 Å². The Bertz CT molecular complexity index is 3980. The zero-order valence-corrected chi connectivity index (χ0v) is 35.5. The zero-order chi connectivity index (χ0) is 42.8. The summed E-state index contributed by atoms with van der Waals surface area (Å²) in [4.78, 5) is 0. The fraction of sp³-hybridized carbons (Fsp3) is 0. The molecule has 65 heavy (non-hydrogen) atoms. The van der Waals surface area contributed by atoms with Crippen molar-refractivity contribution < 1.29 is 4.42 Å². The summed E-state index contributed by atoms with van der Waals surface area (Å²) < 4.78 is 6.59.